The molecule has 0 saturated heterocycles. The molecule has 2 aromatic rings. The Hall–Kier alpha value is -1.53. The lowest BCUT2D eigenvalue weighted by Gasteiger charge is -2.25. The Bertz CT molecular complexity index is 1010. The molecule has 1 fully saturated rings. The first-order valence-electron chi connectivity index (χ1n) is 10.4. The summed E-state index contributed by atoms with van der Waals surface area (Å²) in [5, 5.41) is 0.684. The highest BCUT2D eigenvalue weighted by atomic mass is 32.2. The van der Waals surface area contributed by atoms with E-state index in [9.17, 15) is 9.00 Å². The van der Waals surface area contributed by atoms with Gasteiger partial charge in [0.2, 0.25) is 0 Å². The van der Waals surface area contributed by atoms with Gasteiger partial charge in [-0.1, -0.05) is 18.9 Å². The Morgan fingerprint density at radius 1 is 1.21 bits per heavy atom. The van der Waals surface area contributed by atoms with Crippen LogP contribution in [0.1, 0.15) is 82.8 Å². The molecule has 0 bridgehead atoms. The van der Waals surface area contributed by atoms with E-state index in [-0.39, 0.29) is 21.8 Å². The molecule has 28 heavy (non-hydrogen) atoms. The third-order valence-electron chi connectivity index (χ3n) is 6.39. The van der Waals surface area contributed by atoms with Crippen LogP contribution in [0.4, 0.5) is 0 Å². The predicted octanol–water partition coefficient (Wildman–Crippen LogP) is 4.03. The van der Waals surface area contributed by atoms with Crippen molar-refractivity contribution in [2.75, 3.05) is 0 Å². The van der Waals surface area contributed by atoms with Crippen LogP contribution >= 0.6 is 0 Å². The van der Waals surface area contributed by atoms with Crippen molar-refractivity contribution in [1.82, 2.24) is 14.3 Å². The maximum Gasteiger partial charge on any atom is 0.261 e. The van der Waals surface area contributed by atoms with Crippen LogP contribution in [0.25, 0.3) is 10.9 Å². The molecule has 0 unspecified atom stereocenters. The fourth-order valence-electron chi connectivity index (χ4n) is 4.81. The highest BCUT2D eigenvalue weighted by molar-refractivity contribution is 7.84. The fourth-order valence-corrected chi connectivity index (χ4v) is 5.61. The standard InChI is InChI=1S/C22H31N3O2S/c1-14-12-16(15(2)24-28(27)21(3,4)5)18-17(13-14)19(26)25-11-10-22(20(25)23-18)8-6-7-9-22/h12-13,15,24H,6-11H2,1-5H3/t15-,28-/m1/s1. The Morgan fingerprint density at radius 3 is 2.54 bits per heavy atom. The number of benzene rings is 1. The summed E-state index contributed by atoms with van der Waals surface area (Å²) in [7, 11) is -1.19. The van der Waals surface area contributed by atoms with E-state index in [2.05, 4.69) is 10.8 Å². The SMILES string of the molecule is Cc1cc([C@@H](C)N[S@](=O)C(C)(C)C)c2nc3n(c(=O)c2c1)CCC31CCCC1. The van der Waals surface area contributed by atoms with Crippen LogP contribution in [-0.4, -0.2) is 18.5 Å². The van der Waals surface area contributed by atoms with E-state index in [0.29, 0.717) is 5.39 Å². The van der Waals surface area contributed by atoms with Crippen molar-refractivity contribution in [2.45, 2.75) is 89.5 Å². The lowest BCUT2D eigenvalue weighted by molar-refractivity contribution is 0.429. The number of hydrogen-bond donors (Lipinski definition) is 1. The first-order chi connectivity index (χ1) is 13.1. The van der Waals surface area contributed by atoms with E-state index < -0.39 is 11.0 Å². The number of hydrogen-bond acceptors (Lipinski definition) is 3. The molecular formula is C22H31N3O2S. The number of aromatic nitrogens is 2. The van der Waals surface area contributed by atoms with Crippen LogP contribution < -0.4 is 10.3 Å². The van der Waals surface area contributed by atoms with Gasteiger partial charge in [0.15, 0.2) is 0 Å². The van der Waals surface area contributed by atoms with Crippen LogP contribution in [0.3, 0.4) is 0 Å². The third-order valence-corrected chi connectivity index (χ3v) is 8.07. The van der Waals surface area contributed by atoms with Crippen molar-refractivity contribution in [3.05, 3.63) is 39.4 Å². The summed E-state index contributed by atoms with van der Waals surface area (Å²) >= 11 is 0. The molecule has 0 amide bonds. The smallest absolute Gasteiger partial charge is 0.261 e. The first-order valence-corrected chi connectivity index (χ1v) is 11.5. The Balaban J connectivity index is 1.87. The minimum absolute atomic E-state index is 0.0814. The average molecular weight is 402 g/mol. The van der Waals surface area contributed by atoms with Crippen LogP contribution in [-0.2, 0) is 22.9 Å². The van der Waals surface area contributed by atoms with Gasteiger partial charge >= 0.3 is 0 Å². The highest BCUT2D eigenvalue weighted by Crippen LogP contribution is 2.46. The zero-order chi connectivity index (χ0) is 20.3. The van der Waals surface area contributed by atoms with Crippen molar-refractivity contribution in [1.29, 1.82) is 0 Å². The van der Waals surface area contributed by atoms with Gasteiger partial charge in [-0.15, -0.1) is 0 Å². The van der Waals surface area contributed by atoms with Gasteiger partial charge in [0.1, 0.15) is 5.82 Å². The molecule has 152 valence electrons. The molecule has 2 atom stereocenters. The lowest BCUT2D eigenvalue weighted by Crippen LogP contribution is -2.35. The molecule has 1 N–H and O–H groups in total. The Kier molecular flexibility index (Phi) is 4.78. The molecule has 1 aliphatic carbocycles. The number of nitrogens with one attached hydrogen (secondary N) is 1. The molecule has 2 heterocycles. The Labute approximate surface area is 169 Å². The number of aryl methyl sites for hydroxylation is 1. The molecule has 4 rings (SSSR count). The molecule has 0 radical (unpaired) electrons. The monoisotopic (exact) mass is 401 g/mol. The quantitative estimate of drug-likeness (QED) is 0.844. The normalized spacial score (nSPS) is 20.6. The summed E-state index contributed by atoms with van der Waals surface area (Å²) < 4.78 is 17.4. The van der Waals surface area contributed by atoms with Crippen molar-refractivity contribution < 1.29 is 4.21 Å². The van der Waals surface area contributed by atoms with Crippen LogP contribution in [0.15, 0.2) is 16.9 Å². The van der Waals surface area contributed by atoms with Crippen LogP contribution in [0.5, 0.6) is 0 Å². The lowest BCUT2D eigenvalue weighted by atomic mass is 9.84. The molecule has 1 spiro atoms. The maximum absolute atomic E-state index is 13.3. The van der Waals surface area contributed by atoms with E-state index in [1.165, 1.54) is 12.8 Å². The van der Waals surface area contributed by atoms with E-state index in [1.807, 2.05) is 45.3 Å². The number of fused-ring (bicyclic) bond motifs is 3. The molecule has 1 aromatic heterocycles. The molecule has 1 aromatic carbocycles. The summed E-state index contributed by atoms with van der Waals surface area (Å²) in [6.45, 7) is 10.7. The van der Waals surface area contributed by atoms with Crippen molar-refractivity contribution in [3.63, 3.8) is 0 Å². The largest absolute Gasteiger partial charge is 0.296 e. The van der Waals surface area contributed by atoms with Gasteiger partial charge in [0.25, 0.3) is 5.56 Å². The minimum atomic E-state index is -1.19. The van der Waals surface area contributed by atoms with E-state index in [4.69, 9.17) is 4.98 Å². The highest BCUT2D eigenvalue weighted by Gasteiger charge is 2.43. The van der Waals surface area contributed by atoms with Gasteiger partial charge in [0, 0.05) is 18.0 Å². The van der Waals surface area contributed by atoms with Gasteiger partial charge in [-0.2, -0.15) is 0 Å². The molecule has 5 nitrogen and oxygen atoms in total. The van der Waals surface area contributed by atoms with E-state index >= 15 is 0 Å². The maximum atomic E-state index is 13.3. The van der Waals surface area contributed by atoms with Crippen molar-refractivity contribution in [3.8, 4) is 0 Å². The molecule has 1 saturated carbocycles. The van der Waals surface area contributed by atoms with E-state index in [1.54, 1.807) is 0 Å². The van der Waals surface area contributed by atoms with Crippen LogP contribution in [0.2, 0.25) is 0 Å². The molecule has 1 aliphatic heterocycles. The summed E-state index contributed by atoms with van der Waals surface area (Å²) in [6.07, 6.45) is 5.73. The van der Waals surface area contributed by atoms with Gasteiger partial charge in [-0.25, -0.2) is 13.9 Å². The first kappa shape index (κ1) is 19.8. The topological polar surface area (TPSA) is 64.0 Å². The predicted molar refractivity (Wildman–Crippen MR) is 115 cm³/mol. The minimum Gasteiger partial charge on any atom is -0.296 e. The van der Waals surface area contributed by atoms with Crippen molar-refractivity contribution >= 4 is 21.9 Å². The van der Waals surface area contributed by atoms with Gasteiger partial charge in [-0.05, 0) is 71.1 Å². The summed E-state index contributed by atoms with van der Waals surface area (Å²) in [5.41, 5.74) is 2.94. The van der Waals surface area contributed by atoms with Gasteiger partial charge in [-0.3, -0.25) is 9.36 Å². The number of nitrogens with zero attached hydrogens (tertiary/aromatic N) is 2. The average Bonchev–Trinajstić information content (AvgIpc) is 3.23. The summed E-state index contributed by atoms with van der Waals surface area (Å²) in [4.78, 5) is 18.4. The van der Waals surface area contributed by atoms with E-state index in [0.717, 1.165) is 48.3 Å². The second-order valence-corrected chi connectivity index (χ2v) is 11.6. The molecule has 2 aliphatic rings. The second kappa shape index (κ2) is 6.77. The number of rotatable bonds is 3. The van der Waals surface area contributed by atoms with Crippen molar-refractivity contribution in [2.24, 2.45) is 0 Å². The van der Waals surface area contributed by atoms with Crippen LogP contribution in [0, 0.1) is 6.92 Å². The second-order valence-electron chi connectivity index (χ2n) is 9.60. The molecular weight excluding hydrogens is 370 g/mol. The summed E-state index contributed by atoms with van der Waals surface area (Å²) in [5.74, 6) is 0.983. The third kappa shape index (κ3) is 3.14. The van der Waals surface area contributed by atoms with Gasteiger partial charge < -0.3 is 0 Å². The van der Waals surface area contributed by atoms with Gasteiger partial charge in [0.05, 0.1) is 26.6 Å². The molecule has 6 heteroatoms. The zero-order valence-electron chi connectivity index (χ0n) is 17.6. The zero-order valence-corrected chi connectivity index (χ0v) is 18.4. The fraction of sp³-hybridized carbons (Fsp3) is 0.636. The Morgan fingerprint density at radius 2 is 1.89 bits per heavy atom. The summed E-state index contributed by atoms with van der Waals surface area (Å²) in [6, 6.07) is 3.88.